The first-order valence-corrected chi connectivity index (χ1v) is 9.13. The van der Waals surface area contributed by atoms with Crippen molar-refractivity contribution < 1.29 is 13.9 Å². The van der Waals surface area contributed by atoms with E-state index in [1.54, 1.807) is 18.2 Å². The number of halogens is 1. The Morgan fingerprint density at radius 2 is 2.04 bits per heavy atom. The molecule has 4 nitrogen and oxygen atoms in total. The summed E-state index contributed by atoms with van der Waals surface area (Å²) in [5, 5.41) is 3.79. The van der Waals surface area contributed by atoms with Gasteiger partial charge in [-0.05, 0) is 42.8 Å². The Morgan fingerprint density at radius 3 is 2.75 bits per heavy atom. The molecule has 0 unspecified atom stereocenters. The second-order valence-corrected chi connectivity index (χ2v) is 6.31. The number of carbonyl (C=O) groups excluding carboxylic acids is 1. The number of hydrogen-bond acceptors (Lipinski definition) is 2. The summed E-state index contributed by atoms with van der Waals surface area (Å²) in [7, 11) is 0. The van der Waals surface area contributed by atoms with Crippen LogP contribution in [0.25, 0.3) is 10.9 Å². The van der Waals surface area contributed by atoms with Crippen LogP contribution in [0, 0.1) is 5.82 Å². The number of carbonyl (C=O) groups is 1. The number of aromatic nitrogens is 1. The Labute approximate surface area is 163 Å². The van der Waals surface area contributed by atoms with Gasteiger partial charge in [0, 0.05) is 18.5 Å². The molecule has 5 heteroatoms. The summed E-state index contributed by atoms with van der Waals surface area (Å²) in [6.07, 6.45) is 5.63. The van der Waals surface area contributed by atoms with Crippen molar-refractivity contribution >= 4 is 16.8 Å². The smallest absolute Gasteiger partial charge is 0.268 e. The van der Waals surface area contributed by atoms with Crippen molar-refractivity contribution in [1.82, 2.24) is 9.88 Å². The van der Waals surface area contributed by atoms with Crippen LogP contribution in [0.2, 0.25) is 0 Å². The van der Waals surface area contributed by atoms with Gasteiger partial charge in [0.2, 0.25) is 0 Å². The summed E-state index contributed by atoms with van der Waals surface area (Å²) in [6.45, 7) is 6.91. The Bertz CT molecular complexity index is 1000. The third-order valence-corrected chi connectivity index (χ3v) is 4.39. The van der Waals surface area contributed by atoms with E-state index in [2.05, 4.69) is 11.9 Å². The maximum atomic E-state index is 13.1. The highest BCUT2D eigenvalue weighted by Gasteiger charge is 2.17. The van der Waals surface area contributed by atoms with Crippen LogP contribution in [0.15, 0.2) is 73.3 Å². The van der Waals surface area contributed by atoms with Crippen LogP contribution in [0.5, 0.6) is 5.75 Å². The molecule has 1 heterocycles. The fourth-order valence-electron chi connectivity index (χ4n) is 3.00. The highest BCUT2D eigenvalue weighted by Crippen LogP contribution is 2.29. The summed E-state index contributed by atoms with van der Waals surface area (Å²) in [5.74, 6) is 0.220. The molecule has 144 valence electrons. The number of hydrogen-bond donors (Lipinski definition) is 1. The quantitative estimate of drug-likeness (QED) is 0.570. The molecule has 0 saturated carbocycles. The molecule has 0 atom stereocenters. The number of benzene rings is 2. The summed E-state index contributed by atoms with van der Waals surface area (Å²) >= 11 is 0. The lowest BCUT2D eigenvalue weighted by atomic mass is 10.2. The van der Waals surface area contributed by atoms with Crippen molar-refractivity contribution in [1.29, 1.82) is 0 Å². The Kier molecular flexibility index (Phi) is 6.27. The molecular formula is C23H23FN2O2. The van der Waals surface area contributed by atoms with Gasteiger partial charge in [-0.2, -0.15) is 0 Å². The van der Waals surface area contributed by atoms with Crippen molar-refractivity contribution in [2.45, 2.75) is 20.0 Å². The van der Waals surface area contributed by atoms with Gasteiger partial charge >= 0.3 is 0 Å². The Morgan fingerprint density at radius 1 is 1.25 bits per heavy atom. The van der Waals surface area contributed by atoms with Crippen LogP contribution in [0.3, 0.4) is 0 Å². The van der Waals surface area contributed by atoms with E-state index in [1.807, 2.05) is 47.9 Å². The van der Waals surface area contributed by atoms with Crippen LogP contribution in [0.1, 0.15) is 23.0 Å². The van der Waals surface area contributed by atoms with Gasteiger partial charge in [0.05, 0.1) is 5.52 Å². The van der Waals surface area contributed by atoms with E-state index in [-0.39, 0.29) is 11.7 Å². The van der Waals surface area contributed by atoms with Crippen molar-refractivity contribution in [3.05, 3.63) is 90.4 Å². The summed E-state index contributed by atoms with van der Waals surface area (Å²) in [6, 6.07) is 13.7. The number of nitrogens with one attached hydrogen (secondary N) is 1. The van der Waals surface area contributed by atoms with E-state index >= 15 is 0 Å². The summed E-state index contributed by atoms with van der Waals surface area (Å²) in [5.41, 5.74) is 2.30. The van der Waals surface area contributed by atoms with E-state index < -0.39 is 0 Å². The van der Waals surface area contributed by atoms with Gasteiger partial charge in [0.1, 0.15) is 23.9 Å². The molecule has 0 aliphatic carbocycles. The topological polar surface area (TPSA) is 43.3 Å². The molecule has 1 aromatic heterocycles. The zero-order valence-electron chi connectivity index (χ0n) is 15.8. The fraction of sp³-hybridized carbons (Fsp3) is 0.174. The molecule has 28 heavy (non-hydrogen) atoms. The summed E-state index contributed by atoms with van der Waals surface area (Å²) in [4.78, 5) is 12.9. The second kappa shape index (κ2) is 9.04. The monoisotopic (exact) mass is 378 g/mol. The second-order valence-electron chi connectivity index (χ2n) is 6.31. The van der Waals surface area contributed by atoms with Gasteiger partial charge in [-0.1, -0.05) is 43.0 Å². The molecule has 1 N–H and O–H groups in total. The molecule has 0 saturated heterocycles. The minimum absolute atomic E-state index is 0.195. The van der Waals surface area contributed by atoms with E-state index in [1.165, 1.54) is 12.1 Å². The van der Waals surface area contributed by atoms with Crippen LogP contribution < -0.4 is 10.1 Å². The molecule has 3 rings (SSSR count). The average Bonchev–Trinajstić information content (AvgIpc) is 3.09. The van der Waals surface area contributed by atoms with Crippen LogP contribution >= 0.6 is 0 Å². The number of fused-ring (bicyclic) bond motifs is 1. The molecule has 0 aliphatic rings. The average molecular weight is 378 g/mol. The normalized spacial score (nSPS) is 11.1. The van der Waals surface area contributed by atoms with Crippen LogP contribution in [-0.4, -0.2) is 17.1 Å². The molecule has 3 aromatic rings. The SMILES string of the molecule is C=CCOc1cccc2c1cc(C(=O)NCc1ccc(F)cc1)n2C/C=C\C. The third kappa shape index (κ3) is 4.31. The van der Waals surface area contributed by atoms with Crippen molar-refractivity contribution in [2.75, 3.05) is 6.61 Å². The van der Waals surface area contributed by atoms with E-state index in [4.69, 9.17) is 4.74 Å². The van der Waals surface area contributed by atoms with Crippen LogP contribution in [-0.2, 0) is 13.1 Å². The van der Waals surface area contributed by atoms with Crippen molar-refractivity contribution in [2.24, 2.45) is 0 Å². The minimum atomic E-state index is -0.298. The molecule has 0 radical (unpaired) electrons. The van der Waals surface area contributed by atoms with Gasteiger partial charge in [-0.25, -0.2) is 4.39 Å². The van der Waals surface area contributed by atoms with E-state index in [9.17, 15) is 9.18 Å². The van der Waals surface area contributed by atoms with Crippen molar-refractivity contribution in [3.8, 4) is 5.75 Å². The highest BCUT2D eigenvalue weighted by atomic mass is 19.1. The number of allylic oxidation sites excluding steroid dienone is 2. The molecule has 0 aliphatic heterocycles. The predicted molar refractivity (Wildman–Crippen MR) is 110 cm³/mol. The number of nitrogens with zero attached hydrogens (tertiary/aromatic N) is 1. The standard InChI is InChI=1S/C23H23FN2O2/c1-3-5-13-26-20-7-6-8-22(28-14-4-2)19(20)15-21(26)23(27)25-16-17-9-11-18(24)12-10-17/h3-12,15H,2,13-14,16H2,1H3,(H,25,27)/b5-3-. The van der Waals surface area contributed by atoms with Gasteiger partial charge in [0.15, 0.2) is 0 Å². The Hall–Kier alpha value is -3.34. The maximum Gasteiger partial charge on any atom is 0.268 e. The fourth-order valence-corrected chi connectivity index (χ4v) is 3.00. The minimum Gasteiger partial charge on any atom is -0.489 e. The maximum absolute atomic E-state index is 13.1. The lowest BCUT2D eigenvalue weighted by molar-refractivity contribution is 0.0942. The Balaban J connectivity index is 1.91. The van der Waals surface area contributed by atoms with Gasteiger partial charge in [-0.3, -0.25) is 4.79 Å². The van der Waals surface area contributed by atoms with Gasteiger partial charge < -0.3 is 14.6 Å². The van der Waals surface area contributed by atoms with Crippen LogP contribution in [0.4, 0.5) is 4.39 Å². The van der Waals surface area contributed by atoms with Gasteiger partial charge in [0.25, 0.3) is 5.91 Å². The first-order valence-electron chi connectivity index (χ1n) is 9.13. The van der Waals surface area contributed by atoms with Crippen molar-refractivity contribution in [3.63, 3.8) is 0 Å². The first-order chi connectivity index (χ1) is 13.6. The van der Waals surface area contributed by atoms with E-state index in [0.29, 0.717) is 31.1 Å². The lowest BCUT2D eigenvalue weighted by Crippen LogP contribution is -2.25. The van der Waals surface area contributed by atoms with E-state index in [0.717, 1.165) is 16.5 Å². The molecule has 1 amide bonds. The molecular weight excluding hydrogens is 355 g/mol. The number of amides is 1. The van der Waals surface area contributed by atoms with Gasteiger partial charge in [-0.15, -0.1) is 0 Å². The first kappa shape index (κ1) is 19.4. The molecule has 2 aromatic carbocycles. The largest absolute Gasteiger partial charge is 0.489 e. The highest BCUT2D eigenvalue weighted by molar-refractivity contribution is 6.00. The third-order valence-electron chi connectivity index (χ3n) is 4.39. The summed E-state index contributed by atoms with van der Waals surface area (Å²) < 4.78 is 20.8. The predicted octanol–water partition coefficient (Wildman–Crippen LogP) is 4.85. The molecule has 0 fully saturated rings. The molecule has 0 spiro atoms. The zero-order chi connectivity index (χ0) is 19.9. The zero-order valence-corrected chi connectivity index (χ0v) is 15.8. The lowest BCUT2D eigenvalue weighted by Gasteiger charge is -2.10. The number of rotatable bonds is 8. The molecule has 0 bridgehead atoms. The number of ether oxygens (including phenoxy) is 1.